The van der Waals surface area contributed by atoms with Crippen LogP contribution in [-0.2, 0) is 17.8 Å². The number of aromatic nitrogens is 2. The maximum atomic E-state index is 13.1. The molecule has 0 saturated carbocycles. The molecule has 0 aliphatic rings. The van der Waals surface area contributed by atoms with E-state index in [2.05, 4.69) is 24.0 Å². The fraction of sp³-hybridized carbons (Fsp3) is 0.208. The van der Waals surface area contributed by atoms with E-state index in [4.69, 9.17) is 9.72 Å². The molecule has 0 aliphatic carbocycles. The van der Waals surface area contributed by atoms with E-state index >= 15 is 0 Å². The summed E-state index contributed by atoms with van der Waals surface area (Å²) in [5, 5.41) is 0.654. The van der Waals surface area contributed by atoms with Gasteiger partial charge in [-0.2, -0.15) is 0 Å². The Balaban J connectivity index is 1.60. The van der Waals surface area contributed by atoms with Crippen LogP contribution >= 0.6 is 11.3 Å². The third-order valence-corrected chi connectivity index (χ3v) is 5.85. The van der Waals surface area contributed by atoms with Crippen LogP contribution in [0, 0.1) is 6.92 Å². The number of hydrogen-bond acceptors (Lipinski definition) is 5. The highest BCUT2D eigenvalue weighted by Crippen LogP contribution is 2.30. The van der Waals surface area contributed by atoms with Gasteiger partial charge in [0, 0.05) is 6.20 Å². The minimum Gasteiger partial charge on any atom is -0.484 e. The SMILES string of the molecule is CCc1ccc2nc(N(Cc3ccccn3)C(=O)COc3ccc(C)cc3)sc2c1. The van der Waals surface area contributed by atoms with E-state index in [0.717, 1.165) is 27.9 Å². The number of carbonyl (C=O) groups is 1. The van der Waals surface area contributed by atoms with Crippen molar-refractivity contribution in [3.8, 4) is 5.75 Å². The molecule has 5 nitrogen and oxygen atoms in total. The van der Waals surface area contributed by atoms with Crippen LogP contribution in [-0.4, -0.2) is 22.5 Å². The van der Waals surface area contributed by atoms with Gasteiger partial charge >= 0.3 is 0 Å². The van der Waals surface area contributed by atoms with Gasteiger partial charge < -0.3 is 4.74 Å². The van der Waals surface area contributed by atoms with Crippen molar-refractivity contribution in [1.29, 1.82) is 0 Å². The summed E-state index contributed by atoms with van der Waals surface area (Å²) < 4.78 is 6.81. The van der Waals surface area contributed by atoms with Crippen molar-refractivity contribution in [1.82, 2.24) is 9.97 Å². The van der Waals surface area contributed by atoms with Crippen molar-refractivity contribution in [2.45, 2.75) is 26.8 Å². The second-order valence-corrected chi connectivity index (χ2v) is 8.06. The van der Waals surface area contributed by atoms with Crippen molar-refractivity contribution in [3.63, 3.8) is 0 Å². The molecule has 0 radical (unpaired) electrons. The zero-order valence-corrected chi connectivity index (χ0v) is 17.9. The quantitative estimate of drug-likeness (QED) is 0.416. The number of anilines is 1. The zero-order chi connectivity index (χ0) is 20.9. The number of pyridine rings is 1. The molecule has 0 unspecified atom stereocenters. The van der Waals surface area contributed by atoms with Crippen molar-refractivity contribution < 1.29 is 9.53 Å². The molecule has 0 atom stereocenters. The van der Waals surface area contributed by atoms with Gasteiger partial charge in [0.05, 0.1) is 22.5 Å². The Morgan fingerprint density at radius 3 is 2.67 bits per heavy atom. The molecule has 0 bridgehead atoms. The number of nitrogens with zero attached hydrogens (tertiary/aromatic N) is 3. The van der Waals surface area contributed by atoms with Crippen LogP contribution in [0.15, 0.2) is 66.9 Å². The van der Waals surface area contributed by atoms with Crippen molar-refractivity contribution in [2.75, 3.05) is 11.5 Å². The predicted molar refractivity (Wildman–Crippen MR) is 121 cm³/mol. The third-order valence-electron chi connectivity index (χ3n) is 4.81. The molecule has 4 rings (SSSR count). The minimum atomic E-state index is -0.156. The fourth-order valence-corrected chi connectivity index (χ4v) is 4.11. The number of amides is 1. The van der Waals surface area contributed by atoms with E-state index in [0.29, 0.717) is 17.4 Å². The van der Waals surface area contributed by atoms with Crippen LogP contribution in [0.25, 0.3) is 10.2 Å². The highest BCUT2D eigenvalue weighted by molar-refractivity contribution is 7.22. The molecule has 6 heteroatoms. The highest BCUT2D eigenvalue weighted by atomic mass is 32.1. The first-order valence-corrected chi connectivity index (χ1v) is 10.7. The van der Waals surface area contributed by atoms with Crippen LogP contribution < -0.4 is 9.64 Å². The second-order valence-electron chi connectivity index (χ2n) is 7.05. The predicted octanol–water partition coefficient (Wildman–Crippen LogP) is 5.17. The van der Waals surface area contributed by atoms with Crippen LogP contribution in [0.5, 0.6) is 5.75 Å². The van der Waals surface area contributed by atoms with Gasteiger partial charge in [0.2, 0.25) is 0 Å². The molecule has 4 aromatic rings. The number of ether oxygens (including phenoxy) is 1. The first kappa shape index (κ1) is 20.0. The normalized spacial score (nSPS) is 10.9. The number of benzene rings is 2. The number of aryl methyl sites for hydroxylation is 2. The monoisotopic (exact) mass is 417 g/mol. The first-order chi connectivity index (χ1) is 14.6. The number of rotatable bonds is 7. The van der Waals surface area contributed by atoms with E-state index < -0.39 is 0 Å². The van der Waals surface area contributed by atoms with Gasteiger partial charge in [0.1, 0.15) is 5.75 Å². The molecule has 30 heavy (non-hydrogen) atoms. The molecule has 0 N–H and O–H groups in total. The Morgan fingerprint density at radius 1 is 1.10 bits per heavy atom. The van der Waals surface area contributed by atoms with Crippen molar-refractivity contribution >= 4 is 32.6 Å². The van der Waals surface area contributed by atoms with E-state index in [9.17, 15) is 4.79 Å². The summed E-state index contributed by atoms with van der Waals surface area (Å²) in [7, 11) is 0. The molecule has 1 amide bonds. The van der Waals surface area contributed by atoms with Crippen molar-refractivity contribution in [3.05, 3.63) is 83.7 Å². The van der Waals surface area contributed by atoms with E-state index in [1.807, 2.05) is 55.5 Å². The van der Waals surface area contributed by atoms with Crippen LogP contribution in [0.1, 0.15) is 23.7 Å². The minimum absolute atomic E-state index is 0.0635. The Bertz CT molecular complexity index is 1140. The van der Waals surface area contributed by atoms with Gasteiger partial charge in [0.15, 0.2) is 11.7 Å². The number of carbonyl (C=O) groups excluding carboxylic acids is 1. The van der Waals surface area contributed by atoms with E-state index in [1.165, 1.54) is 16.9 Å². The lowest BCUT2D eigenvalue weighted by atomic mass is 10.2. The molecule has 2 aromatic carbocycles. The lowest BCUT2D eigenvalue weighted by molar-refractivity contribution is -0.120. The molecule has 0 fully saturated rings. The van der Waals surface area contributed by atoms with E-state index in [-0.39, 0.29) is 12.5 Å². The Labute approximate surface area is 180 Å². The fourth-order valence-electron chi connectivity index (χ4n) is 3.07. The molecule has 0 aliphatic heterocycles. The Hall–Kier alpha value is -3.25. The van der Waals surface area contributed by atoms with Gasteiger partial charge in [-0.25, -0.2) is 4.98 Å². The van der Waals surface area contributed by atoms with Crippen molar-refractivity contribution in [2.24, 2.45) is 0 Å². The Morgan fingerprint density at radius 2 is 1.93 bits per heavy atom. The summed E-state index contributed by atoms with van der Waals surface area (Å²) in [5.74, 6) is 0.514. The van der Waals surface area contributed by atoms with Crippen LogP contribution in [0.2, 0.25) is 0 Å². The first-order valence-electron chi connectivity index (χ1n) is 9.91. The summed E-state index contributed by atoms with van der Waals surface area (Å²) >= 11 is 1.52. The average molecular weight is 418 g/mol. The van der Waals surface area contributed by atoms with Gasteiger partial charge in [0.25, 0.3) is 5.91 Å². The lowest BCUT2D eigenvalue weighted by Crippen LogP contribution is -2.34. The summed E-state index contributed by atoms with van der Waals surface area (Å²) in [6.07, 6.45) is 2.69. The number of thiazole rings is 1. The maximum Gasteiger partial charge on any atom is 0.267 e. The highest BCUT2D eigenvalue weighted by Gasteiger charge is 2.21. The van der Waals surface area contributed by atoms with Crippen LogP contribution in [0.4, 0.5) is 5.13 Å². The van der Waals surface area contributed by atoms with Gasteiger partial charge in [-0.15, -0.1) is 0 Å². The Kier molecular flexibility index (Phi) is 6.05. The number of hydrogen-bond donors (Lipinski definition) is 0. The standard InChI is InChI=1S/C24H23N3O2S/c1-3-18-9-12-21-22(14-18)30-24(26-21)27(15-19-6-4-5-13-25-19)23(28)16-29-20-10-7-17(2)8-11-20/h4-14H,3,15-16H2,1-2H3. The molecule has 2 heterocycles. The molecular formula is C24H23N3O2S. The molecular weight excluding hydrogens is 394 g/mol. The van der Waals surface area contributed by atoms with Gasteiger partial charge in [-0.1, -0.05) is 48.1 Å². The summed E-state index contributed by atoms with van der Waals surface area (Å²) in [4.78, 5) is 23.9. The largest absolute Gasteiger partial charge is 0.484 e. The summed E-state index contributed by atoms with van der Waals surface area (Å²) in [5.41, 5.74) is 4.09. The topological polar surface area (TPSA) is 55.3 Å². The number of fused-ring (bicyclic) bond motifs is 1. The average Bonchev–Trinajstić information content (AvgIpc) is 3.20. The lowest BCUT2D eigenvalue weighted by Gasteiger charge is -2.19. The van der Waals surface area contributed by atoms with Gasteiger partial charge in [-0.3, -0.25) is 14.7 Å². The molecule has 2 aromatic heterocycles. The molecule has 0 saturated heterocycles. The molecule has 0 spiro atoms. The molecule has 152 valence electrons. The smallest absolute Gasteiger partial charge is 0.267 e. The summed E-state index contributed by atoms with van der Waals surface area (Å²) in [6.45, 7) is 4.42. The zero-order valence-electron chi connectivity index (χ0n) is 17.0. The van der Waals surface area contributed by atoms with Crippen LogP contribution in [0.3, 0.4) is 0 Å². The third kappa shape index (κ3) is 4.66. The van der Waals surface area contributed by atoms with E-state index in [1.54, 1.807) is 11.1 Å². The van der Waals surface area contributed by atoms with Gasteiger partial charge in [-0.05, 0) is 55.3 Å². The second kappa shape index (κ2) is 9.05. The summed E-state index contributed by atoms with van der Waals surface area (Å²) in [6, 6.07) is 19.6. The maximum absolute atomic E-state index is 13.1.